The quantitative estimate of drug-likeness (QED) is 0.318. The van der Waals surface area contributed by atoms with E-state index in [1.807, 2.05) is 0 Å². The van der Waals surface area contributed by atoms with Crippen LogP contribution in [-0.4, -0.2) is 11.1 Å². The number of urea groups is 1. The van der Waals surface area contributed by atoms with Crippen LogP contribution in [-0.2, 0) is 0 Å². The molecule has 0 aromatic heterocycles. The van der Waals surface area contributed by atoms with Crippen LogP contribution in [0.15, 0.2) is 24.3 Å². The van der Waals surface area contributed by atoms with E-state index in [2.05, 4.69) is 55.5 Å². The van der Waals surface area contributed by atoms with Crippen LogP contribution in [0.1, 0.15) is 11.1 Å². The zero-order valence-electron chi connectivity index (χ0n) is 8.40. The van der Waals surface area contributed by atoms with Gasteiger partial charge >= 0.3 is 6.03 Å². The zero-order chi connectivity index (χ0) is 11.1. The molecule has 1 rings (SSSR count). The largest absolute Gasteiger partial charge is 0.349 e. The normalized spacial score (nSPS) is 8.57. The third-order valence-electron chi connectivity index (χ3n) is 1.68. The van der Waals surface area contributed by atoms with Crippen molar-refractivity contribution in [2.45, 2.75) is 13.8 Å². The van der Waals surface area contributed by atoms with Gasteiger partial charge in [-0.05, 0) is 25.0 Å². The van der Waals surface area contributed by atoms with Crippen LogP contribution in [0.25, 0.3) is 0 Å². The fraction of sp³-hybridized carbons (Fsp3) is 0.222. The van der Waals surface area contributed by atoms with Crippen LogP contribution in [0, 0.1) is 13.8 Å². The van der Waals surface area contributed by atoms with Crippen molar-refractivity contribution in [3.63, 3.8) is 0 Å². The maximum atomic E-state index is 9.60. The number of carbonyl (C=O) groups excluding carboxylic acids is 1. The molecule has 0 fully saturated rings. The van der Waals surface area contributed by atoms with Crippen molar-refractivity contribution in [2.75, 3.05) is 0 Å². The Morgan fingerprint density at radius 1 is 1.14 bits per heavy atom. The molecule has 0 saturated heterocycles. The zero-order valence-corrected chi connectivity index (χ0v) is 8.40. The van der Waals surface area contributed by atoms with E-state index in [1.54, 1.807) is 0 Å². The standard InChI is InChI=1S/C8H10.CH6N4O/c1-7-5-3-4-6-8(7)2;2-1(6)5(3)4/h3-6H,1-2H3;3-4H2,(H2,2,6). The second kappa shape index (κ2) is 5.95. The van der Waals surface area contributed by atoms with Gasteiger partial charge in [-0.15, -0.1) is 0 Å². The van der Waals surface area contributed by atoms with Crippen LogP contribution in [0.3, 0.4) is 0 Å². The molecule has 0 unspecified atom stereocenters. The number of benzene rings is 1. The fourth-order valence-corrected chi connectivity index (χ4v) is 0.663. The van der Waals surface area contributed by atoms with Gasteiger partial charge in [0.1, 0.15) is 0 Å². The van der Waals surface area contributed by atoms with Crippen molar-refractivity contribution in [1.82, 2.24) is 5.12 Å². The molecule has 5 nitrogen and oxygen atoms in total. The van der Waals surface area contributed by atoms with Gasteiger partial charge in [-0.3, -0.25) is 0 Å². The summed E-state index contributed by atoms with van der Waals surface area (Å²) in [5, 5.41) is 0.306. The van der Waals surface area contributed by atoms with Gasteiger partial charge in [0.15, 0.2) is 0 Å². The maximum Gasteiger partial charge on any atom is 0.343 e. The molecule has 78 valence electrons. The van der Waals surface area contributed by atoms with Gasteiger partial charge in [0, 0.05) is 0 Å². The first-order valence-corrected chi connectivity index (χ1v) is 4.06. The number of carbonyl (C=O) groups is 1. The number of nitrogens with zero attached hydrogens (tertiary/aromatic N) is 1. The minimum atomic E-state index is -0.852. The molecule has 0 saturated carbocycles. The molecule has 1 aromatic rings. The summed E-state index contributed by atoms with van der Waals surface area (Å²) >= 11 is 0. The third kappa shape index (κ3) is 5.13. The van der Waals surface area contributed by atoms with Crippen molar-refractivity contribution < 1.29 is 4.79 Å². The lowest BCUT2D eigenvalue weighted by Gasteiger charge is -2.00. The van der Waals surface area contributed by atoms with Crippen LogP contribution in [0.5, 0.6) is 0 Å². The number of primary amides is 1. The van der Waals surface area contributed by atoms with Crippen molar-refractivity contribution in [3.05, 3.63) is 35.4 Å². The van der Waals surface area contributed by atoms with Crippen molar-refractivity contribution in [1.29, 1.82) is 0 Å². The van der Waals surface area contributed by atoms with Crippen LogP contribution < -0.4 is 17.4 Å². The molecule has 0 aliphatic heterocycles. The highest BCUT2D eigenvalue weighted by Gasteiger charge is 1.90. The molecule has 0 aliphatic carbocycles. The van der Waals surface area contributed by atoms with Crippen LogP contribution in [0.4, 0.5) is 4.79 Å². The van der Waals surface area contributed by atoms with Gasteiger partial charge in [-0.1, -0.05) is 24.3 Å². The lowest BCUT2D eigenvalue weighted by molar-refractivity contribution is 0.210. The average Bonchev–Trinajstić information content (AvgIpc) is 2.11. The van der Waals surface area contributed by atoms with Gasteiger partial charge in [0.2, 0.25) is 0 Å². The van der Waals surface area contributed by atoms with Gasteiger partial charge in [-0.2, -0.15) is 5.12 Å². The number of hydrogen-bond donors (Lipinski definition) is 3. The molecule has 0 bridgehead atoms. The van der Waals surface area contributed by atoms with E-state index in [1.165, 1.54) is 11.1 Å². The van der Waals surface area contributed by atoms with E-state index < -0.39 is 6.03 Å². The number of amides is 2. The monoisotopic (exact) mass is 196 g/mol. The summed E-state index contributed by atoms with van der Waals surface area (Å²) in [6, 6.07) is 7.50. The van der Waals surface area contributed by atoms with E-state index in [9.17, 15) is 4.79 Å². The molecule has 0 atom stereocenters. The smallest absolute Gasteiger partial charge is 0.343 e. The molecule has 0 heterocycles. The topological polar surface area (TPSA) is 98.4 Å². The SMILES string of the molecule is Cc1ccccc1C.NC(=O)N(N)N. The second-order valence-corrected chi connectivity index (χ2v) is 2.83. The average molecular weight is 196 g/mol. The number of rotatable bonds is 0. The summed E-state index contributed by atoms with van der Waals surface area (Å²) < 4.78 is 0. The van der Waals surface area contributed by atoms with E-state index in [0.29, 0.717) is 5.12 Å². The molecule has 5 heteroatoms. The maximum absolute atomic E-state index is 9.60. The summed E-state index contributed by atoms with van der Waals surface area (Å²) in [4.78, 5) is 9.60. The minimum Gasteiger partial charge on any atom is -0.349 e. The second-order valence-electron chi connectivity index (χ2n) is 2.83. The Balaban J connectivity index is 0.000000255. The summed E-state index contributed by atoms with van der Waals surface area (Å²) in [6.45, 7) is 4.24. The Morgan fingerprint density at radius 3 is 1.57 bits per heavy atom. The highest BCUT2D eigenvalue weighted by atomic mass is 16.2. The van der Waals surface area contributed by atoms with Crippen molar-refractivity contribution in [2.24, 2.45) is 17.4 Å². The van der Waals surface area contributed by atoms with E-state index in [0.717, 1.165) is 0 Å². The molecule has 0 spiro atoms. The van der Waals surface area contributed by atoms with Crippen LogP contribution in [0.2, 0.25) is 0 Å². The first-order chi connectivity index (χ1) is 6.45. The Kier molecular flexibility index (Phi) is 5.28. The Morgan fingerprint density at radius 2 is 1.43 bits per heavy atom. The first kappa shape index (κ1) is 12.4. The summed E-state index contributed by atoms with van der Waals surface area (Å²) in [5.41, 5.74) is 7.21. The third-order valence-corrected chi connectivity index (χ3v) is 1.68. The molecule has 0 aliphatic rings. The van der Waals surface area contributed by atoms with Gasteiger partial charge < -0.3 is 5.73 Å². The highest BCUT2D eigenvalue weighted by Crippen LogP contribution is 2.02. The lowest BCUT2D eigenvalue weighted by atomic mass is 10.1. The number of hydrazine groups is 2. The first-order valence-electron chi connectivity index (χ1n) is 4.06. The Hall–Kier alpha value is -1.59. The molecular weight excluding hydrogens is 180 g/mol. The molecule has 2 amide bonds. The molecule has 6 N–H and O–H groups in total. The number of aryl methyl sites for hydroxylation is 2. The predicted molar refractivity (Wildman–Crippen MR) is 55.7 cm³/mol. The van der Waals surface area contributed by atoms with Crippen molar-refractivity contribution in [3.8, 4) is 0 Å². The molecule has 0 radical (unpaired) electrons. The van der Waals surface area contributed by atoms with E-state index >= 15 is 0 Å². The molecular formula is C9H16N4O. The number of hydrogen-bond acceptors (Lipinski definition) is 3. The molecule has 14 heavy (non-hydrogen) atoms. The predicted octanol–water partition coefficient (Wildman–Crippen LogP) is 0.418. The fourth-order valence-electron chi connectivity index (χ4n) is 0.663. The minimum absolute atomic E-state index is 0.306. The number of nitrogens with two attached hydrogens (primary N) is 3. The van der Waals surface area contributed by atoms with Crippen LogP contribution >= 0.6 is 0 Å². The molecule has 1 aromatic carbocycles. The summed E-state index contributed by atoms with van der Waals surface area (Å²) in [5.74, 6) is 9.14. The lowest BCUT2D eigenvalue weighted by Crippen LogP contribution is -2.46. The van der Waals surface area contributed by atoms with E-state index in [4.69, 9.17) is 0 Å². The highest BCUT2D eigenvalue weighted by molar-refractivity contribution is 5.70. The Bertz CT molecular complexity index is 278. The van der Waals surface area contributed by atoms with Gasteiger partial charge in [0.25, 0.3) is 0 Å². The summed E-state index contributed by atoms with van der Waals surface area (Å²) in [6.07, 6.45) is 0. The summed E-state index contributed by atoms with van der Waals surface area (Å²) in [7, 11) is 0. The van der Waals surface area contributed by atoms with Crippen molar-refractivity contribution >= 4 is 6.03 Å². The van der Waals surface area contributed by atoms with Gasteiger partial charge in [0.05, 0.1) is 0 Å². The van der Waals surface area contributed by atoms with Gasteiger partial charge in [-0.25, -0.2) is 16.5 Å². The van der Waals surface area contributed by atoms with E-state index in [-0.39, 0.29) is 0 Å². The Labute approximate surface area is 83.4 Å².